The molecule has 7 nitrogen and oxygen atoms in total. The number of ether oxygens (including phenoxy) is 1. The number of halogens is 1. The average molecular weight is 342 g/mol. The minimum atomic E-state index is -0.327. The smallest absolute Gasteiger partial charge is 0.180 e. The summed E-state index contributed by atoms with van der Waals surface area (Å²) >= 11 is 0. The second-order valence-corrected chi connectivity index (χ2v) is 5.87. The van der Waals surface area contributed by atoms with Gasteiger partial charge in [0.1, 0.15) is 23.0 Å². The summed E-state index contributed by atoms with van der Waals surface area (Å²) in [6, 6.07) is 4.84. The van der Waals surface area contributed by atoms with E-state index in [9.17, 15) is 4.39 Å². The van der Waals surface area contributed by atoms with Gasteiger partial charge in [0.05, 0.1) is 19.4 Å². The molecule has 0 aromatic carbocycles. The zero-order chi connectivity index (χ0) is 17.1. The van der Waals surface area contributed by atoms with Crippen LogP contribution < -0.4 is 5.32 Å². The Labute approximate surface area is 144 Å². The van der Waals surface area contributed by atoms with Gasteiger partial charge in [0.25, 0.3) is 0 Å². The molecule has 130 valence electrons. The second kappa shape index (κ2) is 7.12. The van der Waals surface area contributed by atoms with Crippen LogP contribution in [0.4, 0.5) is 10.2 Å². The number of anilines is 1. The fourth-order valence-electron chi connectivity index (χ4n) is 2.87. The zero-order valence-electron chi connectivity index (χ0n) is 13.7. The highest BCUT2D eigenvalue weighted by Gasteiger charge is 2.11. The molecule has 1 fully saturated rings. The van der Waals surface area contributed by atoms with Gasteiger partial charge in [0, 0.05) is 38.6 Å². The summed E-state index contributed by atoms with van der Waals surface area (Å²) in [5.74, 6) is 0.922. The summed E-state index contributed by atoms with van der Waals surface area (Å²) in [5, 5.41) is 3.32. The van der Waals surface area contributed by atoms with Crippen molar-refractivity contribution in [3.63, 3.8) is 0 Å². The van der Waals surface area contributed by atoms with Crippen molar-refractivity contribution >= 4 is 11.5 Å². The van der Waals surface area contributed by atoms with E-state index in [1.807, 2.05) is 6.07 Å². The van der Waals surface area contributed by atoms with Crippen molar-refractivity contribution in [3.05, 3.63) is 42.6 Å². The van der Waals surface area contributed by atoms with Crippen LogP contribution in [0.1, 0.15) is 0 Å². The molecule has 1 aliphatic rings. The van der Waals surface area contributed by atoms with E-state index in [0.717, 1.165) is 45.2 Å². The van der Waals surface area contributed by atoms with Crippen molar-refractivity contribution in [2.45, 2.75) is 0 Å². The molecule has 0 radical (unpaired) electrons. The number of rotatable bonds is 5. The number of aromatic nitrogens is 4. The summed E-state index contributed by atoms with van der Waals surface area (Å²) in [5.41, 5.74) is 1.32. The lowest BCUT2D eigenvalue weighted by Gasteiger charge is -2.26. The third kappa shape index (κ3) is 3.59. The Balaban J connectivity index is 1.48. The standard InChI is InChI=1S/C17H19FN6O/c18-13-1-2-16-21-11-14(24(16)12-13)17-20-4-3-15(22-17)19-5-6-23-7-9-25-10-8-23/h1-4,11-12H,5-10H2,(H,19,20,22). The van der Waals surface area contributed by atoms with E-state index in [1.54, 1.807) is 22.9 Å². The van der Waals surface area contributed by atoms with Crippen LogP contribution in [0.5, 0.6) is 0 Å². The average Bonchev–Trinajstić information content (AvgIpc) is 3.06. The minimum Gasteiger partial charge on any atom is -0.379 e. The molecule has 3 aromatic heterocycles. The molecule has 1 N–H and O–H groups in total. The number of imidazole rings is 1. The predicted octanol–water partition coefficient (Wildman–Crippen LogP) is 1.67. The van der Waals surface area contributed by atoms with Crippen LogP contribution in [0.15, 0.2) is 36.8 Å². The lowest BCUT2D eigenvalue weighted by Crippen LogP contribution is -2.39. The van der Waals surface area contributed by atoms with Gasteiger partial charge in [-0.05, 0) is 18.2 Å². The molecule has 0 spiro atoms. The molecule has 0 bridgehead atoms. The fourth-order valence-corrected chi connectivity index (χ4v) is 2.87. The maximum absolute atomic E-state index is 13.5. The molecule has 0 unspecified atom stereocenters. The van der Waals surface area contributed by atoms with Gasteiger partial charge in [0.15, 0.2) is 5.82 Å². The normalized spacial score (nSPS) is 15.6. The van der Waals surface area contributed by atoms with Gasteiger partial charge >= 0.3 is 0 Å². The number of nitrogens with one attached hydrogen (secondary N) is 1. The quantitative estimate of drug-likeness (QED) is 0.761. The van der Waals surface area contributed by atoms with Crippen LogP contribution in [-0.2, 0) is 4.74 Å². The first-order valence-electron chi connectivity index (χ1n) is 8.29. The Hall–Kier alpha value is -2.58. The molecule has 1 aliphatic heterocycles. The van der Waals surface area contributed by atoms with Crippen molar-refractivity contribution in [1.82, 2.24) is 24.3 Å². The van der Waals surface area contributed by atoms with Crippen molar-refractivity contribution in [1.29, 1.82) is 0 Å². The third-order valence-electron chi connectivity index (χ3n) is 4.19. The highest BCUT2D eigenvalue weighted by molar-refractivity contribution is 5.58. The summed E-state index contributed by atoms with van der Waals surface area (Å²) in [6.07, 6.45) is 4.74. The van der Waals surface area contributed by atoms with E-state index in [4.69, 9.17) is 4.74 Å². The van der Waals surface area contributed by atoms with Crippen LogP contribution in [0.2, 0.25) is 0 Å². The van der Waals surface area contributed by atoms with Crippen molar-refractivity contribution in [2.75, 3.05) is 44.7 Å². The third-order valence-corrected chi connectivity index (χ3v) is 4.19. The molecule has 3 aromatic rings. The summed E-state index contributed by atoms with van der Waals surface area (Å²) < 4.78 is 20.5. The topological polar surface area (TPSA) is 67.6 Å². The maximum atomic E-state index is 13.5. The largest absolute Gasteiger partial charge is 0.379 e. The minimum absolute atomic E-state index is 0.327. The Bertz CT molecular complexity index is 861. The Morgan fingerprint density at radius 1 is 1.16 bits per heavy atom. The first kappa shape index (κ1) is 15.9. The molecule has 4 rings (SSSR count). The van der Waals surface area contributed by atoms with Crippen LogP contribution >= 0.6 is 0 Å². The highest BCUT2D eigenvalue weighted by atomic mass is 19.1. The maximum Gasteiger partial charge on any atom is 0.180 e. The Kier molecular flexibility index (Phi) is 4.53. The highest BCUT2D eigenvalue weighted by Crippen LogP contribution is 2.18. The van der Waals surface area contributed by atoms with Gasteiger partial charge < -0.3 is 10.1 Å². The summed E-state index contributed by atoms with van der Waals surface area (Å²) in [4.78, 5) is 15.4. The molecule has 0 amide bonds. The lowest BCUT2D eigenvalue weighted by atomic mass is 10.4. The van der Waals surface area contributed by atoms with Gasteiger partial charge in [-0.2, -0.15) is 0 Å². The van der Waals surface area contributed by atoms with Crippen molar-refractivity contribution in [3.8, 4) is 11.5 Å². The molecule has 0 aliphatic carbocycles. The van der Waals surface area contributed by atoms with Crippen LogP contribution in [0.3, 0.4) is 0 Å². The number of fused-ring (bicyclic) bond motifs is 1. The fraction of sp³-hybridized carbons (Fsp3) is 0.353. The molecule has 0 atom stereocenters. The second-order valence-electron chi connectivity index (χ2n) is 5.87. The molecular formula is C17H19FN6O. The van der Waals surface area contributed by atoms with E-state index < -0.39 is 0 Å². The first-order valence-corrected chi connectivity index (χ1v) is 8.29. The van der Waals surface area contributed by atoms with E-state index in [-0.39, 0.29) is 5.82 Å². The molecule has 4 heterocycles. The van der Waals surface area contributed by atoms with E-state index in [0.29, 0.717) is 17.2 Å². The van der Waals surface area contributed by atoms with Gasteiger partial charge in [-0.15, -0.1) is 0 Å². The van der Waals surface area contributed by atoms with E-state index >= 15 is 0 Å². The number of hydrogen-bond donors (Lipinski definition) is 1. The number of pyridine rings is 1. The van der Waals surface area contributed by atoms with E-state index in [2.05, 4.69) is 25.2 Å². The number of nitrogens with zero attached hydrogens (tertiary/aromatic N) is 5. The summed E-state index contributed by atoms with van der Waals surface area (Å²) in [7, 11) is 0. The van der Waals surface area contributed by atoms with Crippen LogP contribution in [0.25, 0.3) is 17.2 Å². The zero-order valence-corrected chi connectivity index (χ0v) is 13.7. The van der Waals surface area contributed by atoms with Crippen LogP contribution in [-0.4, -0.2) is 63.6 Å². The monoisotopic (exact) mass is 342 g/mol. The predicted molar refractivity (Wildman–Crippen MR) is 91.9 cm³/mol. The molecular weight excluding hydrogens is 323 g/mol. The Morgan fingerprint density at radius 3 is 2.92 bits per heavy atom. The number of hydrogen-bond acceptors (Lipinski definition) is 6. The van der Waals surface area contributed by atoms with Crippen molar-refractivity contribution < 1.29 is 9.13 Å². The first-order chi connectivity index (χ1) is 12.3. The van der Waals surface area contributed by atoms with Crippen LogP contribution in [0, 0.1) is 5.82 Å². The summed E-state index contributed by atoms with van der Waals surface area (Å²) in [6.45, 7) is 5.24. The molecule has 25 heavy (non-hydrogen) atoms. The SMILES string of the molecule is Fc1ccc2ncc(-c3nccc(NCCN4CCOCC4)n3)n2c1. The molecule has 8 heteroatoms. The number of morpholine rings is 1. The molecule has 1 saturated heterocycles. The van der Waals surface area contributed by atoms with E-state index in [1.165, 1.54) is 12.3 Å². The van der Waals surface area contributed by atoms with Gasteiger partial charge in [-0.3, -0.25) is 9.30 Å². The van der Waals surface area contributed by atoms with Gasteiger partial charge in [-0.25, -0.2) is 19.3 Å². The van der Waals surface area contributed by atoms with Gasteiger partial charge in [0.2, 0.25) is 0 Å². The van der Waals surface area contributed by atoms with Crippen molar-refractivity contribution in [2.24, 2.45) is 0 Å². The Morgan fingerprint density at radius 2 is 2.04 bits per heavy atom. The lowest BCUT2D eigenvalue weighted by molar-refractivity contribution is 0.0398. The molecule has 0 saturated carbocycles. The van der Waals surface area contributed by atoms with Gasteiger partial charge in [-0.1, -0.05) is 0 Å².